The summed E-state index contributed by atoms with van der Waals surface area (Å²) in [6.45, 7) is 0.981. The van der Waals surface area contributed by atoms with E-state index in [4.69, 9.17) is 25.8 Å². The molecule has 37 heavy (non-hydrogen) atoms. The highest BCUT2D eigenvalue weighted by molar-refractivity contribution is 6.32. The first-order valence-electron chi connectivity index (χ1n) is 12.3. The number of aromatic nitrogens is 3. The molecular weight excluding hydrogens is 510 g/mol. The molecule has 196 valence electrons. The second kappa shape index (κ2) is 9.70. The van der Waals surface area contributed by atoms with Crippen LogP contribution in [0.3, 0.4) is 0 Å². The molecule has 2 aliphatic heterocycles. The van der Waals surface area contributed by atoms with Gasteiger partial charge in [-0.1, -0.05) is 11.6 Å². The maximum absolute atomic E-state index is 14.7. The van der Waals surface area contributed by atoms with Gasteiger partial charge < -0.3 is 29.2 Å². The van der Waals surface area contributed by atoms with Crippen molar-refractivity contribution < 1.29 is 32.9 Å². The van der Waals surface area contributed by atoms with Crippen molar-refractivity contribution in [3.8, 4) is 11.9 Å². The number of fused-ring (bicyclic) bond motifs is 2. The summed E-state index contributed by atoms with van der Waals surface area (Å²) in [7, 11) is 0. The number of aliphatic hydroxyl groups excluding tert-OH is 1. The van der Waals surface area contributed by atoms with E-state index in [1.165, 1.54) is 6.07 Å². The number of rotatable bonds is 6. The molecule has 3 fully saturated rings. The molecule has 6 rings (SSSR count). The van der Waals surface area contributed by atoms with Crippen LogP contribution in [-0.2, 0) is 11.3 Å². The van der Waals surface area contributed by atoms with E-state index in [-0.39, 0.29) is 51.8 Å². The van der Waals surface area contributed by atoms with Gasteiger partial charge >= 0.3 is 0 Å². The van der Waals surface area contributed by atoms with Crippen molar-refractivity contribution in [1.29, 1.82) is 0 Å². The number of hydrogen-bond donors (Lipinski definition) is 2. The van der Waals surface area contributed by atoms with E-state index in [9.17, 15) is 18.7 Å². The summed E-state index contributed by atoms with van der Waals surface area (Å²) in [5.41, 5.74) is 0.380. The molecule has 0 spiro atoms. The molecular formula is C25H25ClF2N4O5. The normalized spacial score (nSPS) is 25.1. The molecule has 2 N–H and O–H groups in total. The minimum Gasteiger partial charge on any atom is -0.471 e. The fraction of sp³-hybridized carbons (Fsp3) is 0.480. The van der Waals surface area contributed by atoms with Crippen LogP contribution >= 0.6 is 11.6 Å². The number of nitrogens with zero attached hydrogens (tertiary/aromatic N) is 3. The largest absolute Gasteiger partial charge is 0.471 e. The SMILES string of the molecule is O=C(c1cc(F)c(COc2nc3nc(O[C@@H]4CCC5[C@H](O)CO[C@@H]54)[nH]c3cc2Cl)c(F)c1)N1CCCC1. The third-order valence-corrected chi connectivity index (χ3v) is 7.57. The molecule has 12 heteroatoms. The number of benzene rings is 1. The Kier molecular flexibility index (Phi) is 6.37. The highest BCUT2D eigenvalue weighted by atomic mass is 35.5. The molecule has 9 nitrogen and oxygen atoms in total. The van der Waals surface area contributed by atoms with Crippen LogP contribution in [0, 0.1) is 17.6 Å². The summed E-state index contributed by atoms with van der Waals surface area (Å²) >= 11 is 6.30. The summed E-state index contributed by atoms with van der Waals surface area (Å²) in [6, 6.07) is 3.82. The van der Waals surface area contributed by atoms with Crippen LogP contribution in [0.25, 0.3) is 11.2 Å². The minimum atomic E-state index is -0.885. The van der Waals surface area contributed by atoms with Crippen LogP contribution in [-0.4, -0.2) is 68.9 Å². The fourth-order valence-electron chi connectivity index (χ4n) is 5.35. The number of carbonyl (C=O) groups excluding carboxylic acids is 1. The van der Waals surface area contributed by atoms with Crippen molar-refractivity contribution in [1.82, 2.24) is 19.9 Å². The van der Waals surface area contributed by atoms with Gasteiger partial charge in [-0.05, 0) is 43.9 Å². The first-order chi connectivity index (χ1) is 17.9. The van der Waals surface area contributed by atoms with Gasteiger partial charge in [0.2, 0.25) is 5.88 Å². The average molecular weight is 535 g/mol. The summed E-state index contributed by atoms with van der Waals surface area (Å²) in [5.74, 6) is -2.16. The molecule has 2 aromatic heterocycles. The van der Waals surface area contributed by atoms with Gasteiger partial charge in [-0.3, -0.25) is 4.79 Å². The molecule has 1 unspecified atom stereocenters. The molecule has 2 saturated heterocycles. The van der Waals surface area contributed by atoms with E-state index in [0.717, 1.165) is 37.8 Å². The zero-order valence-electron chi connectivity index (χ0n) is 19.8. The molecule has 4 heterocycles. The number of imidazole rings is 1. The molecule has 0 bridgehead atoms. The van der Waals surface area contributed by atoms with Crippen molar-refractivity contribution in [2.24, 2.45) is 5.92 Å². The van der Waals surface area contributed by atoms with E-state index in [1.807, 2.05) is 0 Å². The molecule has 1 amide bonds. The lowest BCUT2D eigenvalue weighted by Crippen LogP contribution is -2.30. The molecule has 1 aliphatic carbocycles. The van der Waals surface area contributed by atoms with Crippen molar-refractivity contribution in [3.63, 3.8) is 0 Å². The van der Waals surface area contributed by atoms with Crippen LogP contribution in [0.15, 0.2) is 18.2 Å². The Morgan fingerprint density at radius 1 is 1.19 bits per heavy atom. The zero-order valence-corrected chi connectivity index (χ0v) is 20.5. The van der Waals surface area contributed by atoms with E-state index in [2.05, 4.69) is 15.0 Å². The lowest BCUT2D eigenvalue weighted by molar-refractivity contribution is 0.0135. The Balaban J connectivity index is 1.16. The minimum absolute atomic E-state index is 0.0339. The lowest BCUT2D eigenvalue weighted by atomic mass is 10.0. The molecule has 0 radical (unpaired) electrons. The number of pyridine rings is 1. The summed E-state index contributed by atoms with van der Waals surface area (Å²) in [6.07, 6.45) is 2.37. The maximum atomic E-state index is 14.7. The van der Waals surface area contributed by atoms with Gasteiger partial charge in [0.25, 0.3) is 11.9 Å². The molecule has 4 atom stereocenters. The molecule has 1 saturated carbocycles. The van der Waals surface area contributed by atoms with Crippen LogP contribution in [0.1, 0.15) is 41.6 Å². The number of nitrogens with one attached hydrogen (secondary N) is 1. The smallest absolute Gasteiger partial charge is 0.296 e. The standard InChI is InChI=1S/C25H25ClF2N4O5/c26-15-9-18-22(31-25(29-18)37-20-4-3-13-19(33)11-35-21(13)20)30-23(15)36-10-14-16(27)7-12(8-17(14)28)24(34)32-5-1-2-6-32/h7-9,13,19-21,33H,1-6,10-11H2,(H,29,30,31)/t13?,19-,20-,21+/m1/s1. The topological polar surface area (TPSA) is 110 Å². The van der Waals surface area contributed by atoms with E-state index in [1.54, 1.807) is 4.90 Å². The number of aromatic amines is 1. The average Bonchev–Trinajstić information content (AvgIpc) is 3.65. The van der Waals surface area contributed by atoms with E-state index in [0.29, 0.717) is 25.2 Å². The van der Waals surface area contributed by atoms with E-state index < -0.39 is 30.3 Å². The fourth-order valence-corrected chi connectivity index (χ4v) is 5.56. The zero-order chi connectivity index (χ0) is 25.7. The second-order valence-corrected chi connectivity index (χ2v) is 10.1. The lowest BCUT2D eigenvalue weighted by Gasteiger charge is -2.17. The van der Waals surface area contributed by atoms with Crippen LogP contribution < -0.4 is 9.47 Å². The van der Waals surface area contributed by atoms with Crippen molar-refractivity contribution in [2.45, 2.75) is 50.6 Å². The third kappa shape index (κ3) is 4.60. The number of H-pyrrole nitrogens is 1. The summed E-state index contributed by atoms with van der Waals surface area (Å²) in [5, 5.41) is 10.1. The molecule has 3 aliphatic rings. The second-order valence-electron chi connectivity index (χ2n) is 9.66. The van der Waals surface area contributed by atoms with Crippen LogP contribution in [0.5, 0.6) is 11.9 Å². The highest BCUT2D eigenvalue weighted by Gasteiger charge is 2.47. The third-order valence-electron chi connectivity index (χ3n) is 7.30. The Labute approximate surface area is 215 Å². The van der Waals surface area contributed by atoms with Crippen molar-refractivity contribution in [3.05, 3.63) is 46.0 Å². The summed E-state index contributed by atoms with van der Waals surface area (Å²) in [4.78, 5) is 25.7. The number of aliphatic hydroxyl groups is 1. The summed E-state index contributed by atoms with van der Waals surface area (Å²) < 4.78 is 46.6. The van der Waals surface area contributed by atoms with Gasteiger partial charge in [-0.2, -0.15) is 9.97 Å². The Morgan fingerprint density at radius 2 is 1.95 bits per heavy atom. The van der Waals surface area contributed by atoms with Gasteiger partial charge in [0.15, 0.2) is 5.65 Å². The number of likely N-dealkylation sites (tertiary alicyclic amines) is 1. The van der Waals surface area contributed by atoms with Crippen LogP contribution in [0.4, 0.5) is 8.78 Å². The van der Waals surface area contributed by atoms with Crippen molar-refractivity contribution in [2.75, 3.05) is 19.7 Å². The molecule has 3 aromatic rings. The first-order valence-corrected chi connectivity index (χ1v) is 12.7. The van der Waals surface area contributed by atoms with Gasteiger partial charge in [0.1, 0.15) is 29.4 Å². The Morgan fingerprint density at radius 3 is 2.70 bits per heavy atom. The predicted octanol–water partition coefficient (Wildman–Crippen LogP) is 3.62. The first kappa shape index (κ1) is 24.3. The maximum Gasteiger partial charge on any atom is 0.296 e. The Bertz CT molecular complexity index is 1330. The highest BCUT2D eigenvalue weighted by Crippen LogP contribution is 2.38. The van der Waals surface area contributed by atoms with Crippen LogP contribution in [0.2, 0.25) is 5.02 Å². The van der Waals surface area contributed by atoms with E-state index >= 15 is 0 Å². The Hall–Kier alpha value is -3.02. The monoisotopic (exact) mass is 534 g/mol. The predicted molar refractivity (Wildman–Crippen MR) is 128 cm³/mol. The number of carbonyl (C=O) groups is 1. The number of ether oxygens (including phenoxy) is 3. The van der Waals surface area contributed by atoms with Gasteiger partial charge in [-0.15, -0.1) is 0 Å². The number of hydrogen-bond acceptors (Lipinski definition) is 7. The number of halogens is 3. The molecule has 1 aromatic carbocycles. The number of amides is 1. The van der Waals surface area contributed by atoms with Gasteiger partial charge in [-0.25, -0.2) is 8.78 Å². The van der Waals surface area contributed by atoms with Gasteiger partial charge in [0, 0.05) is 24.6 Å². The van der Waals surface area contributed by atoms with Crippen molar-refractivity contribution >= 4 is 28.7 Å². The quantitative estimate of drug-likeness (QED) is 0.497. The van der Waals surface area contributed by atoms with Gasteiger partial charge in [0.05, 0.1) is 29.9 Å².